The normalized spacial score (nSPS) is 31.0. The van der Waals surface area contributed by atoms with Crippen molar-refractivity contribution in [3.8, 4) is 0 Å². The summed E-state index contributed by atoms with van der Waals surface area (Å²) >= 11 is 6.03. The van der Waals surface area contributed by atoms with E-state index in [-0.39, 0.29) is 23.1 Å². The van der Waals surface area contributed by atoms with Gasteiger partial charge in [0, 0.05) is 17.0 Å². The van der Waals surface area contributed by atoms with Crippen molar-refractivity contribution in [2.24, 2.45) is 29.1 Å². The third-order valence-corrected chi connectivity index (χ3v) is 7.59. The zero-order valence-electron chi connectivity index (χ0n) is 17.5. The number of benzene rings is 1. The molecule has 2 amide bonds. The monoisotopic (exact) mass is 416 g/mol. The van der Waals surface area contributed by atoms with Gasteiger partial charge >= 0.3 is 0 Å². The van der Waals surface area contributed by atoms with Crippen molar-refractivity contribution in [3.05, 3.63) is 34.9 Å². The van der Waals surface area contributed by atoms with Gasteiger partial charge in [0.2, 0.25) is 11.8 Å². The molecule has 0 heterocycles. The van der Waals surface area contributed by atoms with Gasteiger partial charge in [-0.05, 0) is 86.3 Å². The van der Waals surface area contributed by atoms with Gasteiger partial charge < -0.3 is 10.6 Å². The summed E-state index contributed by atoms with van der Waals surface area (Å²) in [6, 6.07) is 7.21. The van der Waals surface area contributed by atoms with Crippen LogP contribution in [0, 0.1) is 29.1 Å². The van der Waals surface area contributed by atoms with E-state index < -0.39 is 6.04 Å². The number of carbonyl (C=O) groups is 2. The molecule has 29 heavy (non-hydrogen) atoms. The van der Waals surface area contributed by atoms with E-state index in [1.165, 1.54) is 19.3 Å². The van der Waals surface area contributed by atoms with Crippen LogP contribution >= 0.6 is 11.6 Å². The zero-order chi connectivity index (χ0) is 20.6. The van der Waals surface area contributed by atoms with Crippen LogP contribution < -0.4 is 10.6 Å². The predicted octanol–water partition coefficient (Wildman–Crippen LogP) is 4.36. The van der Waals surface area contributed by atoms with E-state index in [9.17, 15) is 9.59 Å². The minimum Gasteiger partial charge on any atom is -0.354 e. The molecule has 4 aliphatic rings. The van der Waals surface area contributed by atoms with Gasteiger partial charge in [-0.3, -0.25) is 9.59 Å². The second-order valence-corrected chi connectivity index (χ2v) is 10.5. The first-order chi connectivity index (χ1) is 13.8. The molecule has 2 N–H and O–H groups in total. The van der Waals surface area contributed by atoms with Crippen molar-refractivity contribution in [2.45, 2.75) is 64.8 Å². The van der Waals surface area contributed by atoms with Gasteiger partial charge in [0.25, 0.3) is 0 Å². The third kappa shape index (κ3) is 4.47. The van der Waals surface area contributed by atoms with Gasteiger partial charge in [-0.25, -0.2) is 0 Å². The van der Waals surface area contributed by atoms with Crippen LogP contribution in [-0.4, -0.2) is 24.4 Å². The molecule has 4 bridgehead atoms. The Morgan fingerprint density at radius 3 is 2.28 bits per heavy atom. The Morgan fingerprint density at radius 2 is 1.72 bits per heavy atom. The first-order valence-corrected chi connectivity index (χ1v) is 11.6. The number of hydrogen-bond acceptors (Lipinski definition) is 2. The largest absolute Gasteiger partial charge is 0.354 e. The maximum Gasteiger partial charge on any atom is 0.242 e. The van der Waals surface area contributed by atoms with Gasteiger partial charge in [-0.1, -0.05) is 37.6 Å². The van der Waals surface area contributed by atoms with Crippen LogP contribution in [0.3, 0.4) is 0 Å². The molecule has 5 heteroatoms. The summed E-state index contributed by atoms with van der Waals surface area (Å²) in [5.74, 6) is 2.25. The quantitative estimate of drug-likeness (QED) is 0.693. The summed E-state index contributed by atoms with van der Waals surface area (Å²) in [7, 11) is 0. The van der Waals surface area contributed by atoms with Gasteiger partial charge in [0.15, 0.2) is 0 Å². The van der Waals surface area contributed by atoms with E-state index in [0.29, 0.717) is 11.6 Å². The summed E-state index contributed by atoms with van der Waals surface area (Å²) in [5.41, 5.74) is 0.875. The van der Waals surface area contributed by atoms with Crippen molar-refractivity contribution in [2.75, 3.05) is 6.54 Å². The van der Waals surface area contributed by atoms with Gasteiger partial charge in [0.1, 0.15) is 6.04 Å². The molecule has 158 valence electrons. The van der Waals surface area contributed by atoms with E-state index in [1.807, 2.05) is 38.1 Å². The van der Waals surface area contributed by atoms with E-state index >= 15 is 0 Å². The van der Waals surface area contributed by atoms with Crippen LogP contribution in [0.5, 0.6) is 0 Å². The van der Waals surface area contributed by atoms with Crippen LogP contribution in [0.25, 0.3) is 0 Å². The molecule has 4 saturated carbocycles. The van der Waals surface area contributed by atoms with Crippen molar-refractivity contribution in [1.82, 2.24) is 10.6 Å². The van der Waals surface area contributed by atoms with Crippen molar-refractivity contribution >= 4 is 23.4 Å². The number of halogens is 1. The molecule has 1 unspecified atom stereocenters. The Hall–Kier alpha value is -1.55. The lowest BCUT2D eigenvalue weighted by atomic mass is 9.49. The molecule has 0 aromatic heterocycles. The van der Waals surface area contributed by atoms with Crippen LogP contribution in [-0.2, 0) is 16.0 Å². The summed E-state index contributed by atoms with van der Waals surface area (Å²) in [6.07, 6.45) is 7.71. The number of amides is 2. The fourth-order valence-corrected chi connectivity index (χ4v) is 6.56. The van der Waals surface area contributed by atoms with Crippen molar-refractivity contribution in [3.63, 3.8) is 0 Å². The average molecular weight is 417 g/mol. The van der Waals surface area contributed by atoms with Crippen LogP contribution in [0.4, 0.5) is 0 Å². The van der Waals surface area contributed by atoms with Crippen LogP contribution in [0.2, 0.25) is 5.02 Å². The average Bonchev–Trinajstić information content (AvgIpc) is 2.64. The topological polar surface area (TPSA) is 58.2 Å². The summed E-state index contributed by atoms with van der Waals surface area (Å²) < 4.78 is 0. The van der Waals surface area contributed by atoms with E-state index in [0.717, 1.165) is 49.0 Å². The predicted molar refractivity (Wildman–Crippen MR) is 116 cm³/mol. The lowest BCUT2D eigenvalue weighted by molar-refractivity contribution is -0.149. The van der Waals surface area contributed by atoms with Crippen molar-refractivity contribution in [1.29, 1.82) is 0 Å². The first kappa shape index (κ1) is 20.7. The highest BCUT2D eigenvalue weighted by Gasteiger charge is 2.55. The zero-order valence-corrected chi connectivity index (χ0v) is 18.3. The second kappa shape index (κ2) is 8.29. The molecule has 1 aromatic carbocycles. The van der Waals surface area contributed by atoms with E-state index in [4.69, 9.17) is 11.6 Å². The molecule has 5 rings (SSSR count). The molecule has 1 atom stereocenters. The second-order valence-electron chi connectivity index (χ2n) is 10.1. The molecule has 4 nitrogen and oxygen atoms in total. The maximum absolute atomic E-state index is 13.3. The van der Waals surface area contributed by atoms with Gasteiger partial charge in [0.05, 0.1) is 0 Å². The standard InChI is InChI=1S/C24H33ClN2O2/c1-15(2)21(22(28)26-7-6-16-4-3-5-20(25)11-16)27-23(29)24-12-17-8-18(13-24)10-19(9-17)14-24/h3-5,11,15,17-19,21H,6-10,12-14H2,1-2H3,(H,26,28)(H,27,29). The molecule has 0 radical (unpaired) electrons. The number of carbonyl (C=O) groups excluding carboxylic acids is 2. The highest BCUT2D eigenvalue weighted by molar-refractivity contribution is 6.30. The van der Waals surface area contributed by atoms with Gasteiger partial charge in [-0.2, -0.15) is 0 Å². The lowest BCUT2D eigenvalue weighted by Gasteiger charge is -2.55. The SMILES string of the molecule is CC(C)C(NC(=O)C12CC3CC(CC(C3)C1)C2)C(=O)NCCc1cccc(Cl)c1. The molecule has 4 aliphatic carbocycles. The smallest absolute Gasteiger partial charge is 0.242 e. The molecule has 0 saturated heterocycles. The Kier molecular flexibility index (Phi) is 5.92. The van der Waals surface area contributed by atoms with Gasteiger partial charge in [-0.15, -0.1) is 0 Å². The number of rotatable bonds is 7. The number of hydrogen-bond donors (Lipinski definition) is 2. The summed E-state index contributed by atoms with van der Waals surface area (Å²) in [6.45, 7) is 4.54. The van der Waals surface area contributed by atoms with E-state index in [1.54, 1.807) is 0 Å². The third-order valence-electron chi connectivity index (χ3n) is 7.36. The Morgan fingerprint density at radius 1 is 1.10 bits per heavy atom. The van der Waals surface area contributed by atoms with Crippen LogP contribution in [0.15, 0.2) is 24.3 Å². The minimum atomic E-state index is -0.477. The minimum absolute atomic E-state index is 0.0547. The summed E-state index contributed by atoms with van der Waals surface area (Å²) in [5, 5.41) is 6.88. The molecule has 4 fully saturated rings. The fraction of sp³-hybridized carbons (Fsp3) is 0.667. The fourth-order valence-electron chi connectivity index (χ4n) is 6.35. The van der Waals surface area contributed by atoms with Crippen molar-refractivity contribution < 1.29 is 9.59 Å². The molecular weight excluding hydrogens is 384 g/mol. The lowest BCUT2D eigenvalue weighted by Crippen LogP contribution is -2.58. The maximum atomic E-state index is 13.3. The molecule has 1 aromatic rings. The van der Waals surface area contributed by atoms with Crippen LogP contribution in [0.1, 0.15) is 57.9 Å². The highest BCUT2D eigenvalue weighted by Crippen LogP contribution is 2.60. The highest BCUT2D eigenvalue weighted by atomic mass is 35.5. The Labute approximate surface area is 179 Å². The Balaban J connectivity index is 1.35. The first-order valence-electron chi connectivity index (χ1n) is 11.2. The molecule has 0 aliphatic heterocycles. The number of nitrogens with one attached hydrogen (secondary N) is 2. The summed E-state index contributed by atoms with van der Waals surface area (Å²) in [4.78, 5) is 26.2. The van der Waals surface area contributed by atoms with E-state index in [2.05, 4.69) is 10.6 Å². The Bertz CT molecular complexity index is 741. The molecule has 0 spiro atoms. The molecular formula is C24H33ClN2O2.